The molecule has 0 radical (unpaired) electrons. The predicted molar refractivity (Wildman–Crippen MR) is 114 cm³/mol. The molecular formula is C24H40O6Zr. The van der Waals surface area contributed by atoms with Crippen LogP contribution in [0.15, 0.2) is 6.07 Å². The molecule has 0 aromatic heterocycles. The van der Waals surface area contributed by atoms with Gasteiger partial charge in [0, 0.05) is 34.2 Å². The quantitative estimate of drug-likeness (QED) is 0.487. The standard InChI is InChI=1S/C9H13.3C5H10O2.Zr/c1-6-5-7(2)9(4)8(6)3;3*1-5(2,3)4(6)7;/h5H,1-4H3;3*1-3H3,(H,6,7);/q-1;;;;+4/p-3. The van der Waals surface area contributed by atoms with Crippen LogP contribution in [0.3, 0.4) is 0 Å². The van der Waals surface area contributed by atoms with Crippen molar-refractivity contribution in [3.63, 3.8) is 0 Å². The molecule has 0 aliphatic rings. The fraction of sp³-hybridized carbons (Fsp3) is 0.667. The molecule has 0 saturated heterocycles. The smallest absolute Gasteiger partial charge is 0.550 e. The van der Waals surface area contributed by atoms with E-state index in [4.69, 9.17) is 0 Å². The van der Waals surface area contributed by atoms with Crippen molar-refractivity contribution in [2.24, 2.45) is 16.2 Å². The number of hydrogen-bond acceptors (Lipinski definition) is 6. The van der Waals surface area contributed by atoms with E-state index in [0.717, 1.165) is 0 Å². The summed E-state index contributed by atoms with van der Waals surface area (Å²) in [6, 6.07) is 2.24. The molecule has 0 atom stereocenters. The van der Waals surface area contributed by atoms with E-state index in [0.29, 0.717) is 0 Å². The molecule has 0 bridgehead atoms. The maximum atomic E-state index is 9.91. The van der Waals surface area contributed by atoms with Crippen LogP contribution in [0.1, 0.15) is 84.6 Å². The average Bonchev–Trinajstić information content (AvgIpc) is 2.72. The summed E-state index contributed by atoms with van der Waals surface area (Å²) in [6.45, 7) is 23.1. The van der Waals surface area contributed by atoms with Crippen molar-refractivity contribution in [3.05, 3.63) is 28.3 Å². The minimum absolute atomic E-state index is 0. The van der Waals surface area contributed by atoms with Crippen molar-refractivity contribution >= 4 is 17.9 Å². The Morgan fingerprint density at radius 1 is 0.677 bits per heavy atom. The van der Waals surface area contributed by atoms with Crippen molar-refractivity contribution in [3.8, 4) is 0 Å². The largest absolute Gasteiger partial charge is 4.00 e. The van der Waals surface area contributed by atoms with Crippen LogP contribution in [0.2, 0.25) is 0 Å². The van der Waals surface area contributed by atoms with Crippen molar-refractivity contribution < 1.29 is 55.9 Å². The second-order valence-electron chi connectivity index (χ2n) is 10.4. The summed E-state index contributed by atoms with van der Waals surface area (Å²) in [5.41, 5.74) is 3.66. The third kappa shape index (κ3) is 19.1. The van der Waals surface area contributed by atoms with Crippen LogP contribution < -0.4 is 15.3 Å². The fourth-order valence-electron chi connectivity index (χ4n) is 1.13. The summed E-state index contributed by atoms with van der Waals surface area (Å²) in [4.78, 5) is 29.7. The van der Waals surface area contributed by atoms with Crippen molar-refractivity contribution in [2.75, 3.05) is 0 Å². The van der Waals surface area contributed by atoms with Crippen LogP contribution in [0.5, 0.6) is 0 Å². The predicted octanol–water partition coefficient (Wildman–Crippen LogP) is 1.98. The molecule has 0 fully saturated rings. The second kappa shape index (κ2) is 14.7. The first-order chi connectivity index (χ1) is 13.0. The van der Waals surface area contributed by atoms with E-state index in [1.807, 2.05) is 0 Å². The van der Waals surface area contributed by atoms with Gasteiger partial charge in [-0.3, -0.25) is 0 Å². The molecule has 0 amide bonds. The molecule has 0 unspecified atom stereocenters. The van der Waals surface area contributed by atoms with E-state index >= 15 is 0 Å². The van der Waals surface area contributed by atoms with Crippen LogP contribution in [0, 0.1) is 43.9 Å². The van der Waals surface area contributed by atoms with Crippen LogP contribution >= 0.6 is 0 Å². The Bertz CT molecular complexity index is 616. The number of rotatable bonds is 0. The van der Waals surface area contributed by atoms with Gasteiger partial charge < -0.3 is 29.7 Å². The van der Waals surface area contributed by atoms with Crippen LogP contribution in [0.25, 0.3) is 0 Å². The molecule has 0 N–H and O–H groups in total. The topological polar surface area (TPSA) is 120 Å². The van der Waals surface area contributed by atoms with Gasteiger partial charge >= 0.3 is 26.2 Å². The molecule has 31 heavy (non-hydrogen) atoms. The Balaban J connectivity index is -0.000000156. The molecule has 0 spiro atoms. The molecular weight excluding hydrogens is 475 g/mol. The van der Waals surface area contributed by atoms with E-state index in [1.165, 1.54) is 22.3 Å². The van der Waals surface area contributed by atoms with Crippen LogP contribution in [-0.4, -0.2) is 17.9 Å². The first kappa shape index (κ1) is 37.0. The number of carboxylic acids is 3. The minimum atomic E-state index is -1.01. The minimum Gasteiger partial charge on any atom is -0.550 e. The molecule has 0 aliphatic heterocycles. The number of carboxylic acid groups (broad SMARTS) is 3. The summed E-state index contributed by atoms with van der Waals surface area (Å²) in [5, 5.41) is 29.7. The van der Waals surface area contributed by atoms with Gasteiger partial charge in [0.05, 0.1) is 0 Å². The second-order valence-corrected chi connectivity index (χ2v) is 10.4. The van der Waals surface area contributed by atoms with E-state index in [1.54, 1.807) is 62.3 Å². The third-order valence-corrected chi connectivity index (χ3v) is 4.02. The van der Waals surface area contributed by atoms with Crippen molar-refractivity contribution in [2.45, 2.75) is 90.0 Å². The SMILES string of the molecule is CC(C)(C)C(=O)[O-].CC(C)(C)C(=O)[O-].CC(C)(C)C(=O)[O-].Cc1c[c-](C)c(C)c1C.[Zr+4]. The zero-order valence-corrected chi connectivity index (χ0v) is 24.0. The Hall–Kier alpha value is -1.36. The first-order valence-electron chi connectivity index (χ1n) is 9.80. The van der Waals surface area contributed by atoms with Crippen LogP contribution in [-0.2, 0) is 40.6 Å². The Morgan fingerprint density at radius 3 is 0.903 bits per heavy atom. The Labute approximate surface area is 207 Å². The molecule has 7 heteroatoms. The number of hydrogen-bond donors (Lipinski definition) is 0. The molecule has 1 aromatic rings. The zero-order valence-electron chi connectivity index (χ0n) is 21.5. The van der Waals surface area contributed by atoms with Gasteiger partial charge in [0.1, 0.15) is 0 Å². The number of aryl methyl sites for hydroxylation is 2. The number of aliphatic carboxylic acids is 3. The van der Waals surface area contributed by atoms with Gasteiger partial charge in [-0.05, 0) is 0 Å². The normalized spacial score (nSPS) is 10.6. The number of carbonyl (C=O) groups is 3. The van der Waals surface area contributed by atoms with E-state index in [-0.39, 0.29) is 26.2 Å². The van der Waals surface area contributed by atoms with Gasteiger partial charge in [0.15, 0.2) is 0 Å². The van der Waals surface area contributed by atoms with Gasteiger partial charge in [0.2, 0.25) is 0 Å². The summed E-state index contributed by atoms with van der Waals surface area (Å²) < 4.78 is 0. The number of carbonyl (C=O) groups excluding carboxylic acids is 3. The summed E-state index contributed by atoms with van der Waals surface area (Å²) >= 11 is 0. The van der Waals surface area contributed by atoms with Crippen molar-refractivity contribution in [1.29, 1.82) is 0 Å². The Kier molecular flexibility index (Phi) is 17.5. The van der Waals surface area contributed by atoms with Gasteiger partial charge in [0.25, 0.3) is 0 Å². The van der Waals surface area contributed by atoms with Gasteiger partial charge in [-0.25, -0.2) is 0 Å². The van der Waals surface area contributed by atoms with E-state index in [9.17, 15) is 29.7 Å². The molecule has 1 rings (SSSR count). The van der Waals surface area contributed by atoms with E-state index in [2.05, 4.69) is 33.8 Å². The summed E-state index contributed by atoms with van der Waals surface area (Å²) in [6.07, 6.45) is 0. The zero-order chi connectivity index (χ0) is 25.2. The monoisotopic (exact) mass is 514 g/mol. The maximum absolute atomic E-state index is 9.91. The third-order valence-electron chi connectivity index (χ3n) is 4.02. The van der Waals surface area contributed by atoms with E-state index < -0.39 is 34.2 Å². The molecule has 0 aliphatic carbocycles. The van der Waals surface area contributed by atoms with Gasteiger partial charge in [-0.1, -0.05) is 90.0 Å². The molecule has 0 heterocycles. The first-order valence-corrected chi connectivity index (χ1v) is 9.80. The maximum Gasteiger partial charge on any atom is 4.00 e. The molecule has 1 aromatic carbocycles. The summed E-state index contributed by atoms with van der Waals surface area (Å²) in [5.74, 6) is -3.02. The Morgan fingerprint density at radius 2 is 0.871 bits per heavy atom. The van der Waals surface area contributed by atoms with Gasteiger partial charge in [-0.15, -0.1) is 0 Å². The molecule has 0 saturated carbocycles. The summed E-state index contributed by atoms with van der Waals surface area (Å²) in [7, 11) is 0. The average molecular weight is 516 g/mol. The van der Waals surface area contributed by atoms with Crippen LogP contribution in [0.4, 0.5) is 0 Å². The van der Waals surface area contributed by atoms with Gasteiger partial charge in [-0.2, -0.15) is 28.3 Å². The van der Waals surface area contributed by atoms with Crippen molar-refractivity contribution in [1.82, 2.24) is 0 Å². The molecule has 176 valence electrons. The fourth-order valence-corrected chi connectivity index (χ4v) is 1.13. The molecule has 6 nitrogen and oxygen atoms in total.